The fourth-order valence-corrected chi connectivity index (χ4v) is 3.90. The van der Waals surface area contributed by atoms with Crippen LogP contribution < -0.4 is 0 Å². The van der Waals surface area contributed by atoms with Gasteiger partial charge in [0.2, 0.25) is 0 Å². The fraction of sp³-hybridized carbons (Fsp3) is 0.550. The van der Waals surface area contributed by atoms with E-state index < -0.39 is 5.97 Å². The van der Waals surface area contributed by atoms with Gasteiger partial charge in [0.15, 0.2) is 0 Å². The molecule has 22 heavy (non-hydrogen) atoms. The summed E-state index contributed by atoms with van der Waals surface area (Å²) >= 11 is 0. The van der Waals surface area contributed by atoms with Crippen LogP contribution in [-0.4, -0.2) is 11.1 Å². The topological polar surface area (TPSA) is 37.3 Å². The monoisotopic (exact) mass is 302 g/mol. The molecule has 0 bridgehead atoms. The highest BCUT2D eigenvalue weighted by Crippen LogP contribution is 2.54. The molecule has 122 valence electrons. The highest BCUT2D eigenvalue weighted by Gasteiger charge is 2.45. The largest absolute Gasteiger partial charge is 0.481 e. The molecule has 2 heteroatoms. The average molecular weight is 302 g/mol. The summed E-state index contributed by atoms with van der Waals surface area (Å²) in [6, 6.07) is 0. The van der Waals surface area contributed by atoms with E-state index in [1.165, 1.54) is 5.57 Å². The Balaban J connectivity index is 3.13. The first-order valence-electron chi connectivity index (χ1n) is 8.06. The van der Waals surface area contributed by atoms with Gasteiger partial charge in [-0.25, -0.2) is 0 Å². The van der Waals surface area contributed by atoms with Gasteiger partial charge in [-0.3, -0.25) is 4.79 Å². The molecule has 0 amide bonds. The van der Waals surface area contributed by atoms with Crippen LogP contribution in [0.3, 0.4) is 0 Å². The second-order valence-electron chi connectivity index (χ2n) is 6.94. The van der Waals surface area contributed by atoms with Crippen LogP contribution in [0.4, 0.5) is 0 Å². The molecule has 1 rings (SSSR count). The predicted molar refractivity (Wildman–Crippen MR) is 93.7 cm³/mol. The van der Waals surface area contributed by atoms with Crippen LogP contribution >= 0.6 is 0 Å². The first-order chi connectivity index (χ1) is 10.2. The predicted octanol–water partition coefficient (Wildman–Crippen LogP) is 5.54. The van der Waals surface area contributed by atoms with Crippen LogP contribution in [0.25, 0.3) is 0 Å². The minimum Gasteiger partial charge on any atom is -0.481 e. The third-order valence-electron chi connectivity index (χ3n) is 5.31. The normalized spacial score (nSPS) is 29.2. The Hall–Kier alpha value is -1.57. The van der Waals surface area contributed by atoms with Crippen molar-refractivity contribution in [3.63, 3.8) is 0 Å². The van der Waals surface area contributed by atoms with Crippen molar-refractivity contribution >= 4 is 5.97 Å². The van der Waals surface area contributed by atoms with Crippen molar-refractivity contribution in [1.82, 2.24) is 0 Å². The molecule has 0 radical (unpaired) electrons. The summed E-state index contributed by atoms with van der Waals surface area (Å²) in [4.78, 5) is 11.1. The summed E-state index contributed by atoms with van der Waals surface area (Å²) in [5.41, 5.74) is 3.48. The quantitative estimate of drug-likeness (QED) is 0.495. The Morgan fingerprint density at radius 2 is 2.09 bits per heavy atom. The standard InChI is InChI=1S/C20H30O2/c1-7-15(4)8-10-18-16(5)9-11-17(14(2)3)20(18,6)13-12-19(21)22/h7-8,17-18H,1-2,5,9-13H2,3-4,6H3,(H,21,22)/b15-8+/t17-,18-,20-/m0/s1. The molecule has 1 N–H and O–H groups in total. The molecular weight excluding hydrogens is 272 g/mol. The molecular formula is C20H30O2. The zero-order valence-electron chi connectivity index (χ0n) is 14.3. The second kappa shape index (κ2) is 7.62. The van der Waals surface area contributed by atoms with Crippen molar-refractivity contribution in [1.29, 1.82) is 0 Å². The second-order valence-corrected chi connectivity index (χ2v) is 6.94. The van der Waals surface area contributed by atoms with Gasteiger partial charge in [-0.1, -0.05) is 55.5 Å². The Morgan fingerprint density at radius 3 is 2.59 bits per heavy atom. The van der Waals surface area contributed by atoms with E-state index in [1.54, 1.807) is 0 Å². The summed E-state index contributed by atoms with van der Waals surface area (Å²) in [6.45, 7) is 18.6. The molecule has 1 saturated carbocycles. The molecule has 0 aromatic rings. The molecule has 0 spiro atoms. The summed E-state index contributed by atoms with van der Waals surface area (Å²) in [5, 5.41) is 9.12. The van der Waals surface area contributed by atoms with E-state index in [1.807, 2.05) is 13.0 Å². The number of carbonyl (C=O) groups is 1. The van der Waals surface area contributed by atoms with E-state index in [9.17, 15) is 4.79 Å². The van der Waals surface area contributed by atoms with Crippen LogP contribution in [0.2, 0.25) is 0 Å². The Morgan fingerprint density at radius 1 is 1.45 bits per heavy atom. The lowest BCUT2D eigenvalue weighted by Gasteiger charge is -2.49. The van der Waals surface area contributed by atoms with Crippen molar-refractivity contribution in [3.05, 3.63) is 48.6 Å². The maximum Gasteiger partial charge on any atom is 0.303 e. The number of carboxylic acids is 1. The van der Waals surface area contributed by atoms with E-state index in [0.29, 0.717) is 18.3 Å². The van der Waals surface area contributed by atoms with Gasteiger partial charge in [0.1, 0.15) is 0 Å². The zero-order chi connectivity index (χ0) is 16.9. The van der Waals surface area contributed by atoms with Crippen molar-refractivity contribution in [2.75, 3.05) is 0 Å². The van der Waals surface area contributed by atoms with E-state index in [4.69, 9.17) is 5.11 Å². The molecule has 0 aromatic carbocycles. The zero-order valence-corrected chi connectivity index (χ0v) is 14.3. The molecule has 0 heterocycles. The Labute approximate surface area is 135 Å². The number of rotatable bonds is 7. The van der Waals surface area contributed by atoms with Gasteiger partial charge < -0.3 is 5.11 Å². The molecule has 0 aromatic heterocycles. The minimum atomic E-state index is -0.727. The van der Waals surface area contributed by atoms with Crippen LogP contribution in [0.5, 0.6) is 0 Å². The minimum absolute atomic E-state index is 0.0858. The van der Waals surface area contributed by atoms with Crippen molar-refractivity contribution in [2.24, 2.45) is 17.3 Å². The molecule has 0 saturated heterocycles. The summed E-state index contributed by atoms with van der Waals surface area (Å²) in [5.74, 6) is -0.0635. The first-order valence-corrected chi connectivity index (χ1v) is 8.06. The molecule has 1 fully saturated rings. The van der Waals surface area contributed by atoms with Gasteiger partial charge in [-0.2, -0.15) is 0 Å². The molecule has 1 aliphatic carbocycles. The number of carboxylic acid groups (broad SMARTS) is 1. The molecule has 2 nitrogen and oxygen atoms in total. The summed E-state index contributed by atoms with van der Waals surface area (Å²) in [7, 11) is 0. The number of aliphatic carboxylic acids is 1. The number of allylic oxidation sites excluding steroid dienone is 5. The fourth-order valence-electron chi connectivity index (χ4n) is 3.90. The van der Waals surface area contributed by atoms with Gasteiger partial charge in [0.05, 0.1) is 0 Å². The van der Waals surface area contributed by atoms with Crippen LogP contribution in [0, 0.1) is 17.3 Å². The Bertz CT molecular complexity index is 498. The highest BCUT2D eigenvalue weighted by atomic mass is 16.4. The number of hydrogen-bond acceptors (Lipinski definition) is 1. The van der Waals surface area contributed by atoms with E-state index in [-0.39, 0.29) is 11.8 Å². The first kappa shape index (κ1) is 18.5. The highest BCUT2D eigenvalue weighted by molar-refractivity contribution is 5.66. The van der Waals surface area contributed by atoms with Crippen LogP contribution in [0.1, 0.15) is 52.9 Å². The SMILES string of the molecule is C=C/C(C)=C/C[C@H]1C(=C)CC[C@@H](C(=C)C)[C@]1(C)CCC(=O)O. The van der Waals surface area contributed by atoms with Gasteiger partial charge in [0.25, 0.3) is 0 Å². The molecule has 0 aliphatic heterocycles. The maximum absolute atomic E-state index is 11.1. The van der Waals surface area contributed by atoms with E-state index in [2.05, 4.69) is 39.7 Å². The van der Waals surface area contributed by atoms with Crippen molar-refractivity contribution in [2.45, 2.75) is 52.9 Å². The lowest BCUT2D eigenvalue weighted by atomic mass is 9.55. The van der Waals surface area contributed by atoms with Crippen molar-refractivity contribution < 1.29 is 9.90 Å². The Kier molecular flexibility index (Phi) is 6.40. The van der Waals surface area contributed by atoms with Gasteiger partial charge in [0, 0.05) is 6.42 Å². The molecule has 0 unspecified atom stereocenters. The average Bonchev–Trinajstić information content (AvgIpc) is 2.44. The smallest absolute Gasteiger partial charge is 0.303 e. The lowest BCUT2D eigenvalue weighted by molar-refractivity contribution is -0.138. The van der Waals surface area contributed by atoms with Crippen LogP contribution in [-0.2, 0) is 4.79 Å². The molecule has 3 atom stereocenters. The van der Waals surface area contributed by atoms with Crippen molar-refractivity contribution in [3.8, 4) is 0 Å². The van der Waals surface area contributed by atoms with Gasteiger partial charge in [-0.05, 0) is 56.8 Å². The maximum atomic E-state index is 11.1. The van der Waals surface area contributed by atoms with E-state index in [0.717, 1.165) is 30.4 Å². The van der Waals surface area contributed by atoms with Gasteiger partial charge >= 0.3 is 5.97 Å². The van der Waals surface area contributed by atoms with E-state index >= 15 is 0 Å². The van der Waals surface area contributed by atoms with Gasteiger partial charge in [-0.15, -0.1) is 0 Å². The molecule has 1 aliphatic rings. The third-order valence-corrected chi connectivity index (χ3v) is 5.31. The third kappa shape index (κ3) is 4.22. The lowest BCUT2D eigenvalue weighted by Crippen LogP contribution is -2.41. The van der Waals surface area contributed by atoms with Crippen LogP contribution in [0.15, 0.2) is 48.6 Å². The summed E-state index contributed by atoms with van der Waals surface area (Å²) < 4.78 is 0. The summed E-state index contributed by atoms with van der Waals surface area (Å²) in [6.07, 6.45) is 7.87. The number of hydrogen-bond donors (Lipinski definition) is 1.